The second-order valence-electron chi connectivity index (χ2n) is 1.52. The molecule has 1 aromatic rings. The van der Waals surface area contributed by atoms with Crippen LogP contribution in [0, 0.1) is 9.39 Å². The maximum absolute atomic E-state index is 12.2. The number of halogens is 2. The highest BCUT2D eigenvalue weighted by Crippen LogP contribution is 2.09. The van der Waals surface area contributed by atoms with Crippen LogP contribution in [0.15, 0.2) is 24.3 Å². The number of hydrogen-bond donors (Lipinski definition) is 0. The summed E-state index contributed by atoms with van der Waals surface area (Å²) in [7, 11) is 0. The fourth-order valence-corrected chi connectivity index (χ4v) is 1.29. The molecule has 0 radical (unpaired) electrons. The Morgan fingerprint density at radius 2 is 2.22 bits per heavy atom. The monoisotopic (exact) mass is 238 g/mol. The van der Waals surface area contributed by atoms with Crippen molar-refractivity contribution < 1.29 is 7.46 Å². The van der Waals surface area contributed by atoms with Crippen LogP contribution in [-0.2, 0) is 3.07 Å². The van der Waals surface area contributed by atoms with E-state index in [1.54, 1.807) is 12.1 Å². The van der Waals surface area contributed by atoms with E-state index in [4.69, 9.17) is 0 Å². The van der Waals surface area contributed by atoms with E-state index in [1.807, 2.05) is 0 Å². The second-order valence-corrected chi connectivity index (χ2v) is 3.20. The lowest BCUT2D eigenvalue weighted by Crippen LogP contribution is -1.72. The lowest BCUT2D eigenvalue weighted by Gasteiger charge is -1.85. The molecule has 9 heavy (non-hydrogen) atoms. The van der Waals surface area contributed by atoms with Crippen molar-refractivity contribution in [1.82, 2.24) is 0 Å². The molecular formula is C6H4FIO. The predicted octanol–water partition coefficient (Wildman–Crippen LogP) is 2.31. The van der Waals surface area contributed by atoms with Gasteiger partial charge in [0.2, 0.25) is 0 Å². The minimum Gasteiger partial charge on any atom is -0.265 e. The third-order valence-electron chi connectivity index (χ3n) is 0.876. The summed E-state index contributed by atoms with van der Waals surface area (Å²) >= 11 is -1.20. The van der Waals surface area contributed by atoms with Crippen molar-refractivity contribution >= 4 is 21.2 Å². The van der Waals surface area contributed by atoms with Gasteiger partial charge in [-0.1, -0.05) is 6.07 Å². The zero-order valence-corrected chi connectivity index (χ0v) is 6.63. The normalized spacial score (nSPS) is 9.44. The van der Waals surface area contributed by atoms with E-state index < -0.39 is 21.2 Å². The summed E-state index contributed by atoms with van der Waals surface area (Å²) in [5.41, 5.74) is 0. The van der Waals surface area contributed by atoms with Gasteiger partial charge in [-0.15, -0.1) is 0 Å². The fraction of sp³-hybridized carbons (Fsp3) is 0. The summed E-state index contributed by atoms with van der Waals surface area (Å²) in [6, 6.07) is 5.84. The smallest absolute Gasteiger partial charge is 0.182 e. The third-order valence-corrected chi connectivity index (χ3v) is 2.06. The van der Waals surface area contributed by atoms with Gasteiger partial charge in [0, 0.05) is 3.57 Å². The Morgan fingerprint density at radius 1 is 1.44 bits per heavy atom. The first-order valence-electron chi connectivity index (χ1n) is 2.35. The minimum atomic E-state index is -1.20. The van der Waals surface area contributed by atoms with Crippen LogP contribution in [0.1, 0.15) is 0 Å². The average molecular weight is 238 g/mol. The molecule has 1 aromatic carbocycles. The molecule has 48 valence electrons. The van der Waals surface area contributed by atoms with Gasteiger partial charge in [0.25, 0.3) is 0 Å². The molecule has 0 heterocycles. The zero-order valence-electron chi connectivity index (χ0n) is 4.47. The molecule has 0 saturated carbocycles. The van der Waals surface area contributed by atoms with Crippen LogP contribution in [0.25, 0.3) is 0 Å². The van der Waals surface area contributed by atoms with E-state index in [0.29, 0.717) is 3.57 Å². The van der Waals surface area contributed by atoms with E-state index in [2.05, 4.69) is 0 Å². The van der Waals surface area contributed by atoms with Crippen molar-refractivity contribution in [3.05, 3.63) is 33.7 Å². The lowest BCUT2D eigenvalue weighted by molar-refractivity contribution is 0.626. The SMILES string of the molecule is O=Ic1cccc(F)c1. The quantitative estimate of drug-likeness (QED) is 0.686. The molecule has 0 N–H and O–H groups in total. The molecule has 1 rings (SSSR count). The largest absolute Gasteiger partial charge is 0.265 e. The highest BCUT2D eigenvalue weighted by molar-refractivity contribution is 14.1. The Labute approximate surface area is 62.5 Å². The van der Waals surface area contributed by atoms with Crippen LogP contribution in [0.4, 0.5) is 4.39 Å². The Hall–Kier alpha value is -0.320. The minimum absolute atomic E-state index is 0.317. The van der Waals surface area contributed by atoms with Crippen molar-refractivity contribution in [2.24, 2.45) is 0 Å². The molecule has 0 aromatic heterocycles. The first-order chi connectivity index (χ1) is 4.33. The van der Waals surface area contributed by atoms with Crippen molar-refractivity contribution in [3.63, 3.8) is 0 Å². The van der Waals surface area contributed by atoms with E-state index in [9.17, 15) is 7.46 Å². The molecule has 0 atom stereocenters. The third kappa shape index (κ3) is 1.82. The van der Waals surface area contributed by atoms with Gasteiger partial charge in [-0.3, -0.25) is 3.07 Å². The summed E-state index contributed by atoms with van der Waals surface area (Å²) in [6.45, 7) is 0. The molecule has 0 aliphatic heterocycles. The lowest BCUT2D eigenvalue weighted by atomic mass is 10.4. The summed E-state index contributed by atoms with van der Waals surface area (Å²) < 4.78 is 23.1. The van der Waals surface area contributed by atoms with E-state index in [-0.39, 0.29) is 5.82 Å². The van der Waals surface area contributed by atoms with Crippen molar-refractivity contribution in [2.45, 2.75) is 0 Å². The summed E-state index contributed by atoms with van der Waals surface area (Å²) in [5.74, 6) is -0.317. The molecule has 0 spiro atoms. The highest BCUT2D eigenvalue weighted by atomic mass is 127. The maximum atomic E-state index is 12.2. The molecule has 0 aliphatic rings. The molecule has 3 heteroatoms. The molecular weight excluding hydrogens is 234 g/mol. The fourth-order valence-electron chi connectivity index (χ4n) is 0.508. The number of rotatable bonds is 1. The van der Waals surface area contributed by atoms with Gasteiger partial charge in [0.05, 0.1) is 0 Å². The topological polar surface area (TPSA) is 17.1 Å². The molecule has 0 amide bonds. The van der Waals surface area contributed by atoms with E-state index in [1.165, 1.54) is 12.1 Å². The first kappa shape index (κ1) is 6.80. The first-order valence-corrected chi connectivity index (χ1v) is 4.31. The van der Waals surface area contributed by atoms with Gasteiger partial charge in [-0.25, -0.2) is 4.39 Å². The van der Waals surface area contributed by atoms with Crippen LogP contribution in [0.3, 0.4) is 0 Å². The van der Waals surface area contributed by atoms with Gasteiger partial charge in [0.1, 0.15) is 5.82 Å². The molecule has 1 nitrogen and oxygen atoms in total. The van der Waals surface area contributed by atoms with Crippen molar-refractivity contribution in [3.8, 4) is 0 Å². The summed E-state index contributed by atoms with van der Waals surface area (Å²) in [5, 5.41) is 0. The van der Waals surface area contributed by atoms with Crippen LogP contribution in [0.2, 0.25) is 0 Å². The predicted molar refractivity (Wildman–Crippen MR) is 39.8 cm³/mol. The van der Waals surface area contributed by atoms with Crippen LogP contribution in [-0.4, -0.2) is 0 Å². The van der Waals surface area contributed by atoms with E-state index in [0.717, 1.165) is 0 Å². The summed E-state index contributed by atoms with van der Waals surface area (Å²) in [4.78, 5) is 0. The zero-order chi connectivity index (χ0) is 6.69. The Kier molecular flexibility index (Phi) is 2.27. The Balaban J connectivity index is 3.07. The Bertz CT molecular complexity index is 224. The Morgan fingerprint density at radius 3 is 2.67 bits per heavy atom. The average Bonchev–Trinajstić information content (AvgIpc) is 1.88. The highest BCUT2D eigenvalue weighted by Gasteiger charge is 1.90. The number of benzene rings is 1. The van der Waals surface area contributed by atoms with Crippen molar-refractivity contribution in [2.75, 3.05) is 0 Å². The standard InChI is InChI=1S/C6H4FIO/c7-5-2-1-3-6(4-5)8-9/h1-4H. The molecule has 0 unspecified atom stereocenters. The van der Waals surface area contributed by atoms with Crippen molar-refractivity contribution in [1.29, 1.82) is 0 Å². The van der Waals surface area contributed by atoms with Gasteiger partial charge < -0.3 is 0 Å². The van der Waals surface area contributed by atoms with Crippen LogP contribution < -0.4 is 0 Å². The van der Waals surface area contributed by atoms with Gasteiger partial charge >= 0.3 is 0 Å². The van der Waals surface area contributed by atoms with Gasteiger partial charge in [-0.05, 0) is 18.2 Å². The van der Waals surface area contributed by atoms with Crippen LogP contribution >= 0.6 is 21.2 Å². The van der Waals surface area contributed by atoms with Gasteiger partial charge in [-0.2, -0.15) is 0 Å². The summed E-state index contributed by atoms with van der Waals surface area (Å²) in [6.07, 6.45) is 0. The maximum Gasteiger partial charge on any atom is 0.182 e. The number of hydrogen-bond acceptors (Lipinski definition) is 1. The van der Waals surface area contributed by atoms with E-state index >= 15 is 0 Å². The molecule has 0 saturated heterocycles. The second kappa shape index (κ2) is 3.00. The van der Waals surface area contributed by atoms with Crippen LogP contribution in [0.5, 0.6) is 0 Å². The molecule has 0 fully saturated rings. The molecule has 0 aliphatic carbocycles. The molecule has 0 bridgehead atoms. The van der Waals surface area contributed by atoms with Gasteiger partial charge in [0.15, 0.2) is 21.2 Å².